The van der Waals surface area contributed by atoms with Gasteiger partial charge in [0.25, 0.3) is 5.91 Å². The monoisotopic (exact) mass is 448 g/mol. The molecule has 0 radical (unpaired) electrons. The summed E-state index contributed by atoms with van der Waals surface area (Å²) in [5.74, 6) is -0.482. The lowest BCUT2D eigenvalue weighted by Crippen LogP contribution is -2.32. The molecule has 2 N–H and O–H groups in total. The number of carbonyl (C=O) groups excluding carboxylic acids is 2. The lowest BCUT2D eigenvalue weighted by atomic mass is 9.86. The Morgan fingerprint density at radius 3 is 2.46 bits per heavy atom. The minimum Gasteiger partial charge on any atom is -0.493 e. The molecule has 28 heavy (non-hydrogen) atoms. The summed E-state index contributed by atoms with van der Waals surface area (Å²) in [6.07, 6.45) is 1.49. The predicted octanol–water partition coefficient (Wildman–Crippen LogP) is 3.73. The smallest absolute Gasteiger partial charge is 0.253 e. The Labute approximate surface area is 169 Å². The molecule has 1 unspecified atom stereocenters. The van der Waals surface area contributed by atoms with Gasteiger partial charge in [0.2, 0.25) is 5.91 Å². The fourth-order valence-corrected chi connectivity index (χ4v) is 3.40. The SMILES string of the molecule is COc1cc(Br)c(NC(=O)C2=CNC(=O)CC2c2ccc(F)cc2)cc1OC. The molecule has 0 saturated carbocycles. The van der Waals surface area contributed by atoms with E-state index < -0.39 is 5.92 Å². The molecule has 0 fully saturated rings. The van der Waals surface area contributed by atoms with Gasteiger partial charge in [-0.25, -0.2) is 4.39 Å². The third-order valence-electron chi connectivity index (χ3n) is 4.41. The second-order valence-corrected chi connectivity index (χ2v) is 6.97. The highest BCUT2D eigenvalue weighted by molar-refractivity contribution is 9.10. The molecule has 1 atom stereocenters. The van der Waals surface area contributed by atoms with Crippen LogP contribution in [0.1, 0.15) is 17.9 Å². The van der Waals surface area contributed by atoms with Crippen molar-refractivity contribution < 1.29 is 23.5 Å². The molecule has 1 aliphatic rings. The number of ether oxygens (including phenoxy) is 2. The maximum atomic E-state index is 13.3. The minimum absolute atomic E-state index is 0.0952. The normalized spacial score (nSPS) is 16.1. The van der Waals surface area contributed by atoms with Crippen molar-refractivity contribution in [2.24, 2.45) is 0 Å². The maximum absolute atomic E-state index is 13.3. The highest BCUT2D eigenvalue weighted by Crippen LogP contribution is 2.37. The molecule has 8 heteroatoms. The van der Waals surface area contributed by atoms with Crippen LogP contribution in [0.5, 0.6) is 11.5 Å². The van der Waals surface area contributed by atoms with Crippen molar-refractivity contribution in [1.82, 2.24) is 5.32 Å². The number of nitrogens with one attached hydrogen (secondary N) is 2. The molecule has 0 saturated heterocycles. The van der Waals surface area contributed by atoms with Crippen molar-refractivity contribution in [2.75, 3.05) is 19.5 Å². The largest absolute Gasteiger partial charge is 0.493 e. The second kappa shape index (κ2) is 8.43. The summed E-state index contributed by atoms with van der Waals surface area (Å²) in [4.78, 5) is 24.8. The van der Waals surface area contributed by atoms with Crippen LogP contribution in [0.25, 0.3) is 0 Å². The first-order chi connectivity index (χ1) is 13.4. The Hall–Kier alpha value is -2.87. The van der Waals surface area contributed by atoms with Gasteiger partial charge in [-0.1, -0.05) is 12.1 Å². The van der Waals surface area contributed by atoms with E-state index in [9.17, 15) is 14.0 Å². The Bertz CT molecular complexity index is 944. The van der Waals surface area contributed by atoms with Crippen LogP contribution in [0.4, 0.5) is 10.1 Å². The molecule has 1 aliphatic heterocycles. The van der Waals surface area contributed by atoms with Gasteiger partial charge in [-0.15, -0.1) is 0 Å². The number of halogens is 2. The summed E-state index contributed by atoms with van der Waals surface area (Å²) >= 11 is 3.40. The van der Waals surface area contributed by atoms with Crippen LogP contribution in [0.3, 0.4) is 0 Å². The lowest BCUT2D eigenvalue weighted by Gasteiger charge is -2.24. The van der Waals surface area contributed by atoms with Crippen LogP contribution in [0.15, 0.2) is 52.6 Å². The highest BCUT2D eigenvalue weighted by atomic mass is 79.9. The average Bonchev–Trinajstić information content (AvgIpc) is 2.69. The summed E-state index contributed by atoms with van der Waals surface area (Å²) in [6, 6.07) is 9.08. The molecule has 2 aromatic carbocycles. The quantitative estimate of drug-likeness (QED) is 0.730. The maximum Gasteiger partial charge on any atom is 0.253 e. The number of hydrogen-bond acceptors (Lipinski definition) is 4. The van der Waals surface area contributed by atoms with E-state index in [4.69, 9.17) is 9.47 Å². The van der Waals surface area contributed by atoms with E-state index in [-0.39, 0.29) is 24.1 Å². The third-order valence-corrected chi connectivity index (χ3v) is 5.07. The van der Waals surface area contributed by atoms with Gasteiger partial charge in [-0.05, 0) is 33.6 Å². The van der Waals surface area contributed by atoms with E-state index in [1.807, 2.05) is 0 Å². The molecule has 0 aliphatic carbocycles. The standard InChI is InChI=1S/C20H18BrFN2O4/c1-27-17-8-15(21)16(9-18(17)28-2)24-20(26)14-10-23-19(25)7-13(14)11-3-5-12(22)6-4-11/h3-6,8-10,13H,7H2,1-2H3,(H,23,25)(H,24,26). The summed E-state index contributed by atoms with van der Waals surface area (Å²) < 4.78 is 24.4. The van der Waals surface area contributed by atoms with Gasteiger partial charge >= 0.3 is 0 Å². The first-order valence-electron chi connectivity index (χ1n) is 8.40. The van der Waals surface area contributed by atoms with Crippen molar-refractivity contribution in [3.05, 3.63) is 64.0 Å². The zero-order valence-electron chi connectivity index (χ0n) is 15.2. The van der Waals surface area contributed by atoms with Gasteiger partial charge in [0.05, 0.1) is 19.9 Å². The molecule has 1 heterocycles. The van der Waals surface area contributed by atoms with Crippen molar-refractivity contribution in [3.63, 3.8) is 0 Å². The average molecular weight is 449 g/mol. The number of anilines is 1. The van der Waals surface area contributed by atoms with Crippen molar-refractivity contribution in [2.45, 2.75) is 12.3 Å². The first-order valence-corrected chi connectivity index (χ1v) is 9.20. The Morgan fingerprint density at radius 2 is 1.82 bits per heavy atom. The fraction of sp³-hybridized carbons (Fsp3) is 0.200. The van der Waals surface area contributed by atoms with E-state index in [1.165, 1.54) is 32.6 Å². The van der Waals surface area contributed by atoms with E-state index in [0.29, 0.717) is 32.8 Å². The van der Waals surface area contributed by atoms with E-state index in [1.54, 1.807) is 24.3 Å². The molecule has 0 spiro atoms. The van der Waals surface area contributed by atoms with Crippen molar-refractivity contribution in [3.8, 4) is 11.5 Å². The van der Waals surface area contributed by atoms with Gasteiger partial charge in [0.1, 0.15) is 5.82 Å². The van der Waals surface area contributed by atoms with Crippen LogP contribution in [0.2, 0.25) is 0 Å². The number of carbonyl (C=O) groups is 2. The van der Waals surface area contributed by atoms with Crippen LogP contribution in [0, 0.1) is 5.82 Å². The molecular weight excluding hydrogens is 431 g/mol. The van der Waals surface area contributed by atoms with Crippen molar-refractivity contribution in [1.29, 1.82) is 0 Å². The molecule has 2 aromatic rings. The molecule has 3 rings (SSSR count). The Balaban J connectivity index is 1.90. The molecule has 0 bridgehead atoms. The van der Waals surface area contributed by atoms with Crippen molar-refractivity contribution >= 4 is 33.4 Å². The number of amides is 2. The molecule has 0 aromatic heterocycles. The number of rotatable bonds is 5. The van der Waals surface area contributed by atoms with Gasteiger partial charge in [0.15, 0.2) is 11.5 Å². The second-order valence-electron chi connectivity index (χ2n) is 6.12. The minimum atomic E-state index is -0.478. The van der Waals surface area contributed by atoms with Gasteiger partial charge in [-0.3, -0.25) is 9.59 Å². The summed E-state index contributed by atoms with van der Waals surface area (Å²) in [5, 5.41) is 5.39. The molecular formula is C20H18BrFN2O4. The number of hydrogen-bond donors (Lipinski definition) is 2. The Kier molecular flexibility index (Phi) is 5.99. The molecule has 6 nitrogen and oxygen atoms in total. The van der Waals surface area contributed by atoms with E-state index in [2.05, 4.69) is 26.6 Å². The topological polar surface area (TPSA) is 76.7 Å². The zero-order chi connectivity index (χ0) is 20.3. The third kappa shape index (κ3) is 4.17. The van der Waals surface area contributed by atoms with Crippen LogP contribution in [-0.2, 0) is 9.59 Å². The van der Waals surface area contributed by atoms with Gasteiger partial charge in [0, 0.05) is 40.7 Å². The van der Waals surface area contributed by atoms with Crippen LogP contribution >= 0.6 is 15.9 Å². The molecule has 146 valence electrons. The Morgan fingerprint density at radius 1 is 1.18 bits per heavy atom. The van der Waals surface area contributed by atoms with Gasteiger partial charge in [-0.2, -0.15) is 0 Å². The lowest BCUT2D eigenvalue weighted by molar-refractivity contribution is -0.121. The number of methoxy groups -OCH3 is 2. The summed E-state index contributed by atoms with van der Waals surface area (Å²) in [6.45, 7) is 0. The summed E-state index contributed by atoms with van der Waals surface area (Å²) in [7, 11) is 3.02. The number of benzene rings is 2. The van der Waals surface area contributed by atoms with E-state index in [0.717, 1.165) is 0 Å². The van der Waals surface area contributed by atoms with E-state index >= 15 is 0 Å². The first kappa shape index (κ1) is 19.9. The zero-order valence-corrected chi connectivity index (χ0v) is 16.8. The molecule has 2 amide bonds. The summed E-state index contributed by atoms with van der Waals surface area (Å²) in [5.41, 5.74) is 1.54. The fourth-order valence-electron chi connectivity index (χ4n) is 2.97. The predicted molar refractivity (Wildman–Crippen MR) is 106 cm³/mol. The van der Waals surface area contributed by atoms with Crippen LogP contribution in [-0.4, -0.2) is 26.0 Å². The highest BCUT2D eigenvalue weighted by Gasteiger charge is 2.29. The van der Waals surface area contributed by atoms with Gasteiger partial charge < -0.3 is 20.1 Å². The van der Waals surface area contributed by atoms with Crippen LogP contribution < -0.4 is 20.1 Å².